The van der Waals surface area contributed by atoms with E-state index in [9.17, 15) is 14.7 Å². The number of aryl methyl sites for hydroxylation is 2. The van der Waals surface area contributed by atoms with Gasteiger partial charge in [-0.2, -0.15) is 0 Å². The van der Waals surface area contributed by atoms with Crippen LogP contribution in [0.5, 0.6) is 5.75 Å². The van der Waals surface area contributed by atoms with Gasteiger partial charge in [-0.05, 0) is 31.5 Å². The van der Waals surface area contributed by atoms with Crippen molar-refractivity contribution >= 4 is 23.1 Å². The lowest BCUT2D eigenvalue weighted by Crippen LogP contribution is -2.42. The van der Waals surface area contributed by atoms with Gasteiger partial charge in [-0.3, -0.25) is 18.9 Å². The van der Waals surface area contributed by atoms with Crippen LogP contribution < -0.4 is 4.74 Å². The number of methoxy groups -OCH3 is 1. The zero-order valence-electron chi connectivity index (χ0n) is 20.7. The van der Waals surface area contributed by atoms with Gasteiger partial charge < -0.3 is 19.5 Å². The van der Waals surface area contributed by atoms with Gasteiger partial charge in [0.15, 0.2) is 5.76 Å². The van der Waals surface area contributed by atoms with Crippen molar-refractivity contribution in [3.63, 3.8) is 0 Å². The van der Waals surface area contributed by atoms with E-state index < -0.39 is 17.7 Å². The highest BCUT2D eigenvalue weighted by Gasteiger charge is 2.47. The summed E-state index contributed by atoms with van der Waals surface area (Å²) in [7, 11) is 1.55. The summed E-state index contributed by atoms with van der Waals surface area (Å²) in [6, 6.07) is 10.3. The number of benzene rings is 1. The minimum Gasteiger partial charge on any atom is -0.505 e. The van der Waals surface area contributed by atoms with Gasteiger partial charge in [0.1, 0.15) is 17.1 Å². The molecular weight excluding hydrogens is 460 g/mol. The number of nitrogens with zero attached hydrogens (tertiary/aromatic N) is 4. The number of amides is 1. The smallest absolute Gasteiger partial charge is 0.295 e. The number of imidazole rings is 1. The van der Waals surface area contributed by atoms with Crippen molar-refractivity contribution in [2.45, 2.75) is 19.9 Å². The Balaban J connectivity index is 1.65. The molecule has 1 atom stereocenters. The van der Waals surface area contributed by atoms with Crippen LogP contribution in [0.3, 0.4) is 0 Å². The molecule has 1 N–H and O–H groups in total. The average Bonchev–Trinajstić information content (AvgIpc) is 3.37. The number of pyridine rings is 1. The minimum atomic E-state index is -0.794. The predicted octanol–water partition coefficient (Wildman–Crippen LogP) is 2.71. The quantitative estimate of drug-likeness (QED) is 0.322. The van der Waals surface area contributed by atoms with E-state index >= 15 is 0 Å². The zero-order chi connectivity index (χ0) is 25.4. The number of morpholine rings is 1. The lowest BCUT2D eigenvalue weighted by molar-refractivity contribution is -0.140. The number of hydrogen-bond donors (Lipinski definition) is 1. The lowest BCUT2D eigenvalue weighted by Gasteiger charge is -2.31. The first kappa shape index (κ1) is 24.0. The Labute approximate surface area is 209 Å². The maximum atomic E-state index is 13.5. The fourth-order valence-electron chi connectivity index (χ4n) is 5.13. The molecule has 36 heavy (non-hydrogen) atoms. The summed E-state index contributed by atoms with van der Waals surface area (Å²) in [5.74, 6) is -1.05. The summed E-state index contributed by atoms with van der Waals surface area (Å²) < 4.78 is 12.8. The average molecular weight is 491 g/mol. The van der Waals surface area contributed by atoms with Gasteiger partial charge in [-0.15, -0.1) is 0 Å². The molecule has 0 radical (unpaired) electrons. The summed E-state index contributed by atoms with van der Waals surface area (Å²) in [5.41, 5.74) is 3.28. The fraction of sp³-hybridized carbons (Fsp3) is 0.370. The van der Waals surface area contributed by atoms with E-state index in [0.717, 1.165) is 18.7 Å². The summed E-state index contributed by atoms with van der Waals surface area (Å²) in [4.78, 5) is 35.2. The number of Topliss-reactive ketones (excluding diaryl/α,β-unsaturated/α-hetero) is 1. The number of fused-ring (bicyclic) bond motifs is 1. The van der Waals surface area contributed by atoms with Crippen LogP contribution in [0.1, 0.15) is 28.6 Å². The van der Waals surface area contributed by atoms with Crippen LogP contribution in [0.2, 0.25) is 0 Å². The Morgan fingerprint density at radius 2 is 1.86 bits per heavy atom. The molecule has 0 aliphatic carbocycles. The maximum absolute atomic E-state index is 13.5. The maximum Gasteiger partial charge on any atom is 0.295 e. The molecule has 2 aromatic heterocycles. The van der Waals surface area contributed by atoms with Crippen molar-refractivity contribution in [3.8, 4) is 5.75 Å². The second kappa shape index (κ2) is 9.75. The zero-order valence-corrected chi connectivity index (χ0v) is 20.7. The molecule has 1 aromatic carbocycles. The summed E-state index contributed by atoms with van der Waals surface area (Å²) >= 11 is 0. The monoisotopic (exact) mass is 490 g/mol. The highest BCUT2D eigenvalue weighted by Crippen LogP contribution is 2.43. The second-order valence-electron chi connectivity index (χ2n) is 9.12. The van der Waals surface area contributed by atoms with E-state index in [1.165, 1.54) is 0 Å². The molecule has 0 bridgehead atoms. The number of hydrogen-bond acceptors (Lipinski definition) is 7. The lowest BCUT2D eigenvalue weighted by atomic mass is 9.95. The standard InChI is InChI=1S/C27H30N4O5/c1-17-7-6-10-30-22(18(2)28-26(17)30)24(32)21-23(19-8-4-5-9-20(19)35-3)31(27(34)25(21)33)12-11-29-13-15-36-16-14-29/h4-10,23,32H,11-16H2,1-3H3/b24-21+/t23-/m0/s1. The van der Waals surface area contributed by atoms with Crippen LogP contribution in [-0.2, 0) is 14.3 Å². The number of aliphatic hydroxyl groups excluding tert-OH is 1. The molecule has 0 unspecified atom stereocenters. The van der Waals surface area contributed by atoms with E-state index in [1.807, 2.05) is 37.3 Å². The molecule has 0 saturated carbocycles. The second-order valence-corrected chi connectivity index (χ2v) is 9.12. The van der Waals surface area contributed by atoms with Crippen molar-refractivity contribution in [2.24, 2.45) is 0 Å². The first-order valence-electron chi connectivity index (χ1n) is 12.1. The van der Waals surface area contributed by atoms with Gasteiger partial charge in [-0.1, -0.05) is 24.3 Å². The summed E-state index contributed by atoms with van der Waals surface area (Å²) in [6.07, 6.45) is 1.80. The van der Waals surface area contributed by atoms with Gasteiger partial charge in [0, 0.05) is 37.9 Å². The first-order valence-corrected chi connectivity index (χ1v) is 12.1. The summed E-state index contributed by atoms with van der Waals surface area (Å²) in [6.45, 7) is 7.46. The van der Waals surface area contributed by atoms with Crippen LogP contribution in [0.4, 0.5) is 0 Å². The van der Waals surface area contributed by atoms with Crippen LogP contribution in [0.15, 0.2) is 48.2 Å². The number of aromatic nitrogens is 2. The van der Waals surface area contributed by atoms with Crippen molar-refractivity contribution in [2.75, 3.05) is 46.5 Å². The van der Waals surface area contributed by atoms with Gasteiger partial charge in [0.05, 0.1) is 37.6 Å². The van der Waals surface area contributed by atoms with Crippen molar-refractivity contribution in [3.05, 3.63) is 70.7 Å². The number of aliphatic hydroxyl groups is 1. The van der Waals surface area contributed by atoms with Gasteiger partial charge in [0.2, 0.25) is 0 Å². The topological polar surface area (TPSA) is 96.6 Å². The fourth-order valence-corrected chi connectivity index (χ4v) is 5.13. The van der Waals surface area contributed by atoms with E-state index in [0.29, 0.717) is 54.7 Å². The third kappa shape index (κ3) is 4.04. The highest BCUT2D eigenvalue weighted by molar-refractivity contribution is 6.46. The molecule has 188 valence electrons. The molecule has 9 heteroatoms. The predicted molar refractivity (Wildman–Crippen MR) is 134 cm³/mol. The molecule has 2 fully saturated rings. The third-order valence-electron chi connectivity index (χ3n) is 6.98. The number of ether oxygens (including phenoxy) is 2. The molecule has 5 rings (SSSR count). The number of ketones is 1. The molecule has 1 amide bonds. The Hall–Kier alpha value is -3.69. The number of rotatable bonds is 6. The number of para-hydroxylation sites is 1. The minimum absolute atomic E-state index is 0.0397. The Morgan fingerprint density at radius 3 is 2.61 bits per heavy atom. The molecule has 4 heterocycles. The van der Waals surface area contributed by atoms with Crippen LogP contribution in [-0.4, -0.2) is 82.5 Å². The molecule has 3 aromatic rings. The van der Waals surface area contributed by atoms with Crippen molar-refractivity contribution < 1.29 is 24.2 Å². The number of carbonyl (C=O) groups is 2. The molecule has 9 nitrogen and oxygen atoms in total. The van der Waals surface area contributed by atoms with Gasteiger partial charge >= 0.3 is 0 Å². The number of likely N-dealkylation sites (tertiary alicyclic amines) is 1. The highest BCUT2D eigenvalue weighted by atomic mass is 16.5. The van der Waals surface area contributed by atoms with Crippen LogP contribution >= 0.6 is 0 Å². The van der Waals surface area contributed by atoms with Crippen LogP contribution in [0, 0.1) is 13.8 Å². The largest absolute Gasteiger partial charge is 0.505 e. The number of carbonyl (C=O) groups excluding carboxylic acids is 2. The van der Waals surface area contributed by atoms with Crippen LogP contribution in [0.25, 0.3) is 11.4 Å². The van der Waals surface area contributed by atoms with Crippen molar-refractivity contribution in [1.82, 2.24) is 19.2 Å². The molecule has 2 aliphatic heterocycles. The molecule has 2 aliphatic rings. The normalized spacial score (nSPS) is 20.4. The van der Waals surface area contributed by atoms with E-state index in [2.05, 4.69) is 9.88 Å². The summed E-state index contributed by atoms with van der Waals surface area (Å²) in [5, 5.41) is 11.6. The molecule has 0 spiro atoms. The Morgan fingerprint density at radius 1 is 1.11 bits per heavy atom. The Kier molecular flexibility index (Phi) is 6.51. The first-order chi connectivity index (χ1) is 17.4. The molecular formula is C27H30N4O5. The van der Waals surface area contributed by atoms with E-state index in [-0.39, 0.29) is 11.3 Å². The van der Waals surface area contributed by atoms with E-state index in [1.54, 1.807) is 35.6 Å². The SMILES string of the molecule is COc1ccccc1[C@H]1/C(=C(\O)c2c(C)nc3c(C)cccn23)C(=O)C(=O)N1CCN1CCOCC1. The molecule has 2 saturated heterocycles. The van der Waals surface area contributed by atoms with Gasteiger partial charge in [-0.25, -0.2) is 4.98 Å². The third-order valence-corrected chi connectivity index (χ3v) is 6.98. The van der Waals surface area contributed by atoms with Gasteiger partial charge in [0.25, 0.3) is 11.7 Å². The Bertz CT molecular complexity index is 1360. The van der Waals surface area contributed by atoms with E-state index in [4.69, 9.17) is 9.47 Å². The van der Waals surface area contributed by atoms with Crippen molar-refractivity contribution in [1.29, 1.82) is 0 Å².